The molecule has 3 heteroatoms. The summed E-state index contributed by atoms with van der Waals surface area (Å²) in [4.78, 5) is 14.7. The first kappa shape index (κ1) is 14.2. The van der Waals surface area contributed by atoms with Gasteiger partial charge in [0.05, 0.1) is 6.54 Å². The SMILES string of the molecule is Cc1cc(C)c(C(=O)CN2CCC(N)CC2)c(C)c1. The minimum Gasteiger partial charge on any atom is -0.328 e. The first-order valence-corrected chi connectivity index (χ1v) is 7.06. The Labute approximate surface area is 115 Å². The molecule has 19 heavy (non-hydrogen) atoms. The lowest BCUT2D eigenvalue weighted by Gasteiger charge is -2.29. The summed E-state index contributed by atoms with van der Waals surface area (Å²) in [6, 6.07) is 4.49. The van der Waals surface area contributed by atoms with Crippen molar-refractivity contribution in [1.29, 1.82) is 0 Å². The fraction of sp³-hybridized carbons (Fsp3) is 0.562. The van der Waals surface area contributed by atoms with Crippen LogP contribution in [0.25, 0.3) is 0 Å². The van der Waals surface area contributed by atoms with Crippen LogP contribution in [-0.4, -0.2) is 36.4 Å². The highest BCUT2D eigenvalue weighted by Gasteiger charge is 2.20. The number of ketones is 1. The number of hydrogen-bond donors (Lipinski definition) is 1. The van der Waals surface area contributed by atoms with Crippen molar-refractivity contribution in [2.24, 2.45) is 5.73 Å². The van der Waals surface area contributed by atoms with Crippen LogP contribution in [-0.2, 0) is 0 Å². The predicted molar refractivity (Wildman–Crippen MR) is 78.6 cm³/mol. The number of carbonyl (C=O) groups is 1. The minimum atomic E-state index is 0.241. The summed E-state index contributed by atoms with van der Waals surface area (Å²) in [5.74, 6) is 0.241. The number of hydrogen-bond acceptors (Lipinski definition) is 3. The molecule has 0 aromatic heterocycles. The lowest BCUT2D eigenvalue weighted by molar-refractivity contribution is 0.0908. The Morgan fingerprint density at radius 3 is 2.26 bits per heavy atom. The quantitative estimate of drug-likeness (QED) is 0.848. The highest BCUT2D eigenvalue weighted by atomic mass is 16.1. The fourth-order valence-corrected chi connectivity index (χ4v) is 3.01. The third-order valence-corrected chi connectivity index (χ3v) is 3.96. The molecule has 1 fully saturated rings. The van der Waals surface area contributed by atoms with Gasteiger partial charge in [-0.3, -0.25) is 9.69 Å². The van der Waals surface area contributed by atoms with Crippen molar-refractivity contribution in [3.8, 4) is 0 Å². The Balaban J connectivity index is 2.08. The van der Waals surface area contributed by atoms with E-state index in [4.69, 9.17) is 5.73 Å². The highest BCUT2D eigenvalue weighted by molar-refractivity contribution is 6.00. The molecule has 1 aromatic rings. The largest absolute Gasteiger partial charge is 0.328 e. The van der Waals surface area contributed by atoms with Crippen LogP contribution in [0.3, 0.4) is 0 Å². The maximum absolute atomic E-state index is 12.5. The molecule has 1 aliphatic rings. The van der Waals surface area contributed by atoms with Gasteiger partial charge in [0.2, 0.25) is 0 Å². The van der Waals surface area contributed by atoms with Gasteiger partial charge in [0, 0.05) is 24.7 Å². The van der Waals surface area contributed by atoms with Gasteiger partial charge in [-0.25, -0.2) is 0 Å². The zero-order valence-corrected chi connectivity index (χ0v) is 12.2. The lowest BCUT2D eigenvalue weighted by Crippen LogP contribution is -2.42. The Morgan fingerprint density at radius 2 is 1.74 bits per heavy atom. The number of rotatable bonds is 3. The Kier molecular flexibility index (Phi) is 4.38. The van der Waals surface area contributed by atoms with Gasteiger partial charge in [0.25, 0.3) is 0 Å². The maximum atomic E-state index is 12.5. The van der Waals surface area contributed by atoms with Crippen LogP contribution in [0, 0.1) is 20.8 Å². The number of carbonyl (C=O) groups excluding carboxylic acids is 1. The van der Waals surface area contributed by atoms with E-state index in [1.165, 1.54) is 5.56 Å². The average Bonchev–Trinajstić information content (AvgIpc) is 2.30. The van der Waals surface area contributed by atoms with Crippen molar-refractivity contribution in [3.05, 3.63) is 34.4 Å². The van der Waals surface area contributed by atoms with Crippen LogP contribution in [0.1, 0.15) is 39.9 Å². The zero-order valence-electron chi connectivity index (χ0n) is 12.2. The fourth-order valence-electron chi connectivity index (χ4n) is 3.01. The van der Waals surface area contributed by atoms with E-state index in [9.17, 15) is 4.79 Å². The van der Waals surface area contributed by atoms with Crippen LogP contribution in [0.2, 0.25) is 0 Å². The molecular formula is C16H24N2O. The van der Waals surface area contributed by atoms with Crippen molar-refractivity contribution < 1.29 is 4.79 Å². The van der Waals surface area contributed by atoms with E-state index >= 15 is 0 Å². The predicted octanol–water partition coefficient (Wildman–Crippen LogP) is 2.22. The molecule has 0 spiro atoms. The third-order valence-electron chi connectivity index (χ3n) is 3.96. The molecule has 2 N–H and O–H groups in total. The van der Waals surface area contributed by atoms with Gasteiger partial charge in [-0.2, -0.15) is 0 Å². The molecule has 0 atom stereocenters. The molecule has 3 nitrogen and oxygen atoms in total. The molecule has 0 radical (unpaired) electrons. The molecule has 0 amide bonds. The number of aryl methyl sites for hydroxylation is 3. The topological polar surface area (TPSA) is 46.3 Å². The number of Topliss-reactive ketones (excluding diaryl/α,β-unsaturated/α-hetero) is 1. The summed E-state index contributed by atoms with van der Waals surface area (Å²) < 4.78 is 0. The van der Waals surface area contributed by atoms with Crippen LogP contribution in [0.5, 0.6) is 0 Å². The second-order valence-corrected chi connectivity index (χ2v) is 5.81. The molecule has 0 bridgehead atoms. The van der Waals surface area contributed by atoms with E-state index in [1.54, 1.807) is 0 Å². The first-order chi connectivity index (χ1) is 8.97. The van der Waals surface area contributed by atoms with Crippen molar-refractivity contribution in [2.45, 2.75) is 39.7 Å². The summed E-state index contributed by atoms with van der Waals surface area (Å²) in [5, 5.41) is 0. The normalized spacial score (nSPS) is 17.7. The average molecular weight is 260 g/mol. The molecule has 1 saturated heterocycles. The van der Waals surface area contributed by atoms with Crippen molar-refractivity contribution in [3.63, 3.8) is 0 Å². The minimum absolute atomic E-state index is 0.241. The molecule has 0 unspecified atom stereocenters. The van der Waals surface area contributed by atoms with E-state index in [-0.39, 0.29) is 5.78 Å². The van der Waals surface area contributed by atoms with Gasteiger partial charge >= 0.3 is 0 Å². The van der Waals surface area contributed by atoms with E-state index in [2.05, 4.69) is 24.0 Å². The second-order valence-electron chi connectivity index (χ2n) is 5.81. The Bertz CT molecular complexity index is 451. The molecular weight excluding hydrogens is 236 g/mol. The number of likely N-dealkylation sites (tertiary alicyclic amines) is 1. The van der Waals surface area contributed by atoms with E-state index < -0.39 is 0 Å². The van der Waals surface area contributed by atoms with Gasteiger partial charge < -0.3 is 5.73 Å². The number of benzene rings is 1. The van der Waals surface area contributed by atoms with Gasteiger partial charge in [0.15, 0.2) is 5.78 Å². The molecule has 1 heterocycles. The summed E-state index contributed by atoms with van der Waals surface area (Å²) >= 11 is 0. The summed E-state index contributed by atoms with van der Waals surface area (Å²) in [7, 11) is 0. The standard InChI is InChI=1S/C16H24N2O/c1-11-8-12(2)16(13(3)9-11)15(19)10-18-6-4-14(17)5-7-18/h8-9,14H,4-7,10,17H2,1-3H3. The third kappa shape index (κ3) is 3.43. The zero-order chi connectivity index (χ0) is 14.0. The van der Waals surface area contributed by atoms with E-state index in [1.807, 2.05) is 13.8 Å². The molecule has 1 aromatic carbocycles. The van der Waals surface area contributed by atoms with Gasteiger partial charge in [-0.1, -0.05) is 17.7 Å². The lowest BCUT2D eigenvalue weighted by atomic mass is 9.96. The van der Waals surface area contributed by atoms with E-state index in [0.717, 1.165) is 42.6 Å². The maximum Gasteiger partial charge on any atom is 0.177 e. The first-order valence-electron chi connectivity index (χ1n) is 7.06. The van der Waals surface area contributed by atoms with Crippen LogP contribution in [0.4, 0.5) is 0 Å². The van der Waals surface area contributed by atoms with Crippen molar-refractivity contribution >= 4 is 5.78 Å². The molecule has 2 rings (SSSR count). The number of nitrogens with two attached hydrogens (primary N) is 1. The molecule has 0 aliphatic carbocycles. The second kappa shape index (κ2) is 5.85. The van der Waals surface area contributed by atoms with Crippen molar-refractivity contribution in [2.75, 3.05) is 19.6 Å². The van der Waals surface area contributed by atoms with Gasteiger partial charge in [0.1, 0.15) is 0 Å². The molecule has 1 aliphatic heterocycles. The van der Waals surface area contributed by atoms with Crippen molar-refractivity contribution in [1.82, 2.24) is 4.90 Å². The van der Waals surface area contributed by atoms with Crippen LogP contribution < -0.4 is 5.73 Å². The smallest absolute Gasteiger partial charge is 0.177 e. The van der Waals surface area contributed by atoms with Crippen LogP contribution >= 0.6 is 0 Å². The summed E-state index contributed by atoms with van der Waals surface area (Å²) in [6.07, 6.45) is 2.00. The monoisotopic (exact) mass is 260 g/mol. The molecule has 104 valence electrons. The highest BCUT2D eigenvalue weighted by Crippen LogP contribution is 2.18. The van der Waals surface area contributed by atoms with Crippen LogP contribution in [0.15, 0.2) is 12.1 Å². The number of nitrogens with zero attached hydrogens (tertiary/aromatic N) is 1. The number of piperidine rings is 1. The van der Waals surface area contributed by atoms with Gasteiger partial charge in [-0.05, 0) is 44.7 Å². The summed E-state index contributed by atoms with van der Waals surface area (Å²) in [6.45, 7) is 8.53. The van der Waals surface area contributed by atoms with Gasteiger partial charge in [-0.15, -0.1) is 0 Å². The Morgan fingerprint density at radius 1 is 1.21 bits per heavy atom. The Hall–Kier alpha value is -1.19. The molecule has 0 saturated carbocycles. The summed E-state index contributed by atoms with van der Waals surface area (Å²) in [5.41, 5.74) is 10.2. The van der Waals surface area contributed by atoms with E-state index in [0.29, 0.717) is 12.6 Å².